The number of nitrogens with zero attached hydrogens (tertiary/aromatic N) is 2. The summed E-state index contributed by atoms with van der Waals surface area (Å²) in [7, 11) is 1.83. The molecule has 146 valence electrons. The van der Waals surface area contributed by atoms with Crippen LogP contribution < -0.4 is 16.5 Å². The molecule has 4 N–H and O–H groups in total. The van der Waals surface area contributed by atoms with Crippen molar-refractivity contribution in [3.05, 3.63) is 89.6 Å². The zero-order valence-corrected chi connectivity index (χ0v) is 16.9. The van der Waals surface area contributed by atoms with Crippen molar-refractivity contribution < 1.29 is 0 Å². The van der Waals surface area contributed by atoms with Crippen molar-refractivity contribution >= 4 is 17.1 Å². The minimum atomic E-state index is 0.692. The highest BCUT2D eigenvalue weighted by Gasteiger charge is 2.24. The van der Waals surface area contributed by atoms with Crippen LogP contribution in [0.5, 0.6) is 0 Å². The summed E-state index contributed by atoms with van der Waals surface area (Å²) in [5.74, 6) is 6.23. The van der Waals surface area contributed by atoms with Gasteiger partial charge >= 0.3 is 0 Å². The lowest BCUT2D eigenvalue weighted by atomic mass is 9.95. The van der Waals surface area contributed by atoms with Crippen LogP contribution in [0.25, 0.3) is 11.4 Å². The molecule has 4 heteroatoms. The average molecular weight is 375 g/mol. The van der Waals surface area contributed by atoms with Crippen LogP contribution in [0.2, 0.25) is 0 Å². The Balaban J connectivity index is 2.16. The summed E-state index contributed by atoms with van der Waals surface area (Å²) in [6.45, 7) is 11.4. The third kappa shape index (κ3) is 3.82. The van der Waals surface area contributed by atoms with Gasteiger partial charge in [0, 0.05) is 30.4 Å². The highest BCUT2D eigenvalue weighted by Crippen LogP contribution is 2.38. The predicted octanol–water partition coefficient (Wildman–Crippen LogP) is 4.86. The molecule has 0 saturated carbocycles. The fourth-order valence-electron chi connectivity index (χ4n) is 3.65. The molecule has 2 aromatic rings. The second kappa shape index (κ2) is 8.36. The Kier molecular flexibility index (Phi) is 5.90. The molecular weight excluding hydrogens is 344 g/mol. The van der Waals surface area contributed by atoms with E-state index in [1.807, 2.05) is 31.3 Å². The van der Waals surface area contributed by atoms with Gasteiger partial charge in [0.15, 0.2) is 0 Å². The van der Waals surface area contributed by atoms with E-state index in [-0.39, 0.29) is 0 Å². The molecule has 0 radical (unpaired) electrons. The van der Waals surface area contributed by atoms with Crippen LogP contribution in [0.3, 0.4) is 0 Å². The van der Waals surface area contributed by atoms with E-state index >= 15 is 0 Å². The highest BCUT2D eigenvalue weighted by molar-refractivity contribution is 5.94. The maximum absolute atomic E-state index is 6.62. The molecule has 0 atom stereocenters. The summed E-state index contributed by atoms with van der Waals surface area (Å²) in [6, 6.07) is 16.5. The van der Waals surface area contributed by atoms with Crippen LogP contribution in [0.1, 0.15) is 42.9 Å². The van der Waals surface area contributed by atoms with E-state index in [0.29, 0.717) is 12.2 Å². The molecule has 0 saturated heterocycles. The predicted molar refractivity (Wildman–Crippen MR) is 120 cm³/mol. The van der Waals surface area contributed by atoms with Gasteiger partial charge in [-0.15, -0.1) is 0 Å². The number of anilines is 1. The zero-order valence-electron chi connectivity index (χ0n) is 16.9. The Morgan fingerprint density at radius 1 is 1.04 bits per heavy atom. The minimum Gasteiger partial charge on any atom is -0.396 e. The number of hydrogen-bond acceptors (Lipinski definition) is 4. The number of fused-ring (bicyclic) bond motifs is 2. The Hall–Kier alpha value is -2.98. The molecule has 1 heterocycles. The molecule has 1 aliphatic rings. The van der Waals surface area contributed by atoms with E-state index in [1.165, 1.54) is 5.57 Å². The summed E-state index contributed by atoms with van der Waals surface area (Å²) >= 11 is 0. The lowest BCUT2D eigenvalue weighted by Gasteiger charge is -2.34. The van der Waals surface area contributed by atoms with E-state index in [1.54, 1.807) is 5.01 Å². The smallest absolute Gasteiger partial charge is 0.0843 e. The first-order chi connectivity index (χ1) is 13.4. The SMILES string of the molecule is C=C(CC)CCC(=C)N1Cc2ccccc2/C(N)=C(/N(C)N)c2ccccc21. The number of nitrogens with two attached hydrogens (primary N) is 2. The van der Waals surface area contributed by atoms with E-state index < -0.39 is 0 Å². The van der Waals surface area contributed by atoms with Crippen molar-refractivity contribution in [2.24, 2.45) is 11.6 Å². The Labute approximate surface area is 168 Å². The summed E-state index contributed by atoms with van der Waals surface area (Å²) in [4.78, 5) is 2.28. The van der Waals surface area contributed by atoms with Gasteiger partial charge in [-0.3, -0.25) is 0 Å². The second-order valence-corrected chi connectivity index (χ2v) is 7.30. The third-order valence-electron chi connectivity index (χ3n) is 5.34. The highest BCUT2D eigenvalue weighted by atomic mass is 15.4. The van der Waals surface area contributed by atoms with E-state index in [9.17, 15) is 0 Å². The number of rotatable bonds is 6. The summed E-state index contributed by atoms with van der Waals surface area (Å²) in [6.07, 6.45) is 2.81. The van der Waals surface area contributed by atoms with Gasteiger partial charge in [-0.1, -0.05) is 68.1 Å². The minimum absolute atomic E-state index is 0.692. The fraction of sp³-hybridized carbons (Fsp3) is 0.250. The molecule has 0 amide bonds. The maximum atomic E-state index is 6.62. The van der Waals surface area contributed by atoms with E-state index in [0.717, 1.165) is 53.0 Å². The van der Waals surface area contributed by atoms with Gasteiger partial charge in [0.05, 0.1) is 17.1 Å². The van der Waals surface area contributed by atoms with Gasteiger partial charge in [-0.05, 0) is 30.9 Å². The van der Waals surface area contributed by atoms with Gasteiger partial charge in [-0.25, -0.2) is 5.84 Å². The molecule has 0 spiro atoms. The number of benzene rings is 2. The molecule has 0 bridgehead atoms. The molecule has 0 unspecified atom stereocenters. The van der Waals surface area contributed by atoms with Crippen molar-refractivity contribution in [2.45, 2.75) is 32.7 Å². The lowest BCUT2D eigenvalue weighted by Crippen LogP contribution is -2.31. The summed E-state index contributed by atoms with van der Waals surface area (Å²) < 4.78 is 0. The van der Waals surface area contributed by atoms with Crippen LogP contribution in [0.4, 0.5) is 5.69 Å². The molecule has 28 heavy (non-hydrogen) atoms. The number of allylic oxidation sites excluding steroid dienone is 2. The number of para-hydroxylation sites is 1. The average Bonchev–Trinajstić information content (AvgIpc) is 2.69. The first-order valence-corrected chi connectivity index (χ1v) is 9.71. The molecule has 0 aliphatic carbocycles. The Morgan fingerprint density at radius 3 is 2.36 bits per heavy atom. The fourth-order valence-corrected chi connectivity index (χ4v) is 3.65. The molecular formula is C24H30N4. The monoisotopic (exact) mass is 374 g/mol. The van der Waals surface area contributed by atoms with Gasteiger partial charge in [0.25, 0.3) is 0 Å². The third-order valence-corrected chi connectivity index (χ3v) is 5.34. The summed E-state index contributed by atoms with van der Waals surface area (Å²) in [5, 5.41) is 1.61. The zero-order chi connectivity index (χ0) is 20.3. The largest absolute Gasteiger partial charge is 0.396 e. The Bertz CT molecular complexity index is 924. The number of hydrazine groups is 1. The van der Waals surface area contributed by atoms with Gasteiger partial charge in [0.2, 0.25) is 0 Å². The normalized spacial score (nSPS) is 15.9. The van der Waals surface area contributed by atoms with Gasteiger partial charge in [-0.2, -0.15) is 0 Å². The van der Waals surface area contributed by atoms with Gasteiger partial charge < -0.3 is 15.6 Å². The number of hydrogen-bond donors (Lipinski definition) is 2. The van der Waals surface area contributed by atoms with Crippen molar-refractivity contribution in [1.82, 2.24) is 5.01 Å². The molecule has 2 aromatic carbocycles. The quantitative estimate of drug-likeness (QED) is 0.431. The molecule has 0 aromatic heterocycles. The van der Waals surface area contributed by atoms with E-state index in [2.05, 4.69) is 49.2 Å². The van der Waals surface area contributed by atoms with Crippen LogP contribution in [-0.4, -0.2) is 12.1 Å². The first-order valence-electron chi connectivity index (χ1n) is 9.71. The molecule has 3 rings (SSSR count). The van der Waals surface area contributed by atoms with Crippen LogP contribution >= 0.6 is 0 Å². The topological polar surface area (TPSA) is 58.5 Å². The van der Waals surface area contributed by atoms with Crippen LogP contribution in [-0.2, 0) is 6.54 Å². The summed E-state index contributed by atoms with van der Waals surface area (Å²) in [5.41, 5.74) is 14.7. The molecule has 1 aliphatic heterocycles. The molecule has 4 nitrogen and oxygen atoms in total. The Morgan fingerprint density at radius 2 is 1.68 bits per heavy atom. The first kappa shape index (κ1) is 19.8. The van der Waals surface area contributed by atoms with Crippen molar-refractivity contribution in [3.8, 4) is 0 Å². The maximum Gasteiger partial charge on any atom is 0.0843 e. The molecule has 0 fully saturated rings. The van der Waals surface area contributed by atoms with Crippen molar-refractivity contribution in [3.63, 3.8) is 0 Å². The van der Waals surface area contributed by atoms with Gasteiger partial charge in [0.1, 0.15) is 0 Å². The van der Waals surface area contributed by atoms with Crippen LogP contribution in [0.15, 0.2) is 73.0 Å². The van der Waals surface area contributed by atoms with Crippen molar-refractivity contribution in [1.29, 1.82) is 0 Å². The lowest BCUT2D eigenvalue weighted by molar-refractivity contribution is 0.511. The van der Waals surface area contributed by atoms with Crippen LogP contribution in [0, 0.1) is 0 Å². The second-order valence-electron chi connectivity index (χ2n) is 7.30. The standard InChI is InChI=1S/C24H30N4/c1-5-17(2)14-15-18(3)28-16-19-10-6-7-11-20(19)23(25)24(27(4)26)21-12-8-9-13-22(21)28/h6-13H,2-3,5,14-16,25-26H2,1,4H3/b24-23-. The van der Waals surface area contributed by atoms with Crippen molar-refractivity contribution in [2.75, 3.05) is 11.9 Å². The van der Waals surface area contributed by atoms with E-state index in [4.69, 9.17) is 11.6 Å².